The van der Waals surface area contributed by atoms with Gasteiger partial charge in [-0.05, 0) is 39.4 Å². The first-order valence-corrected chi connectivity index (χ1v) is 8.02. The predicted molar refractivity (Wildman–Crippen MR) is 98.6 cm³/mol. The Labute approximate surface area is 137 Å². The highest BCUT2D eigenvalue weighted by molar-refractivity contribution is 5.86. The van der Waals surface area contributed by atoms with Crippen molar-refractivity contribution in [2.75, 3.05) is 0 Å². The average Bonchev–Trinajstić information content (AvgIpc) is 2.63. The van der Waals surface area contributed by atoms with Gasteiger partial charge in [0.25, 0.3) is 0 Å². The van der Waals surface area contributed by atoms with Crippen molar-refractivity contribution in [3.05, 3.63) is 108 Å². The van der Waals surface area contributed by atoms with Crippen LogP contribution in [0.2, 0.25) is 0 Å². The van der Waals surface area contributed by atoms with E-state index in [9.17, 15) is 0 Å². The van der Waals surface area contributed by atoms with E-state index < -0.39 is 0 Å². The molecular formula is C23H18. The molecule has 0 nitrogen and oxygen atoms in total. The van der Waals surface area contributed by atoms with Crippen LogP contribution in [0, 0.1) is 0 Å². The Kier molecular flexibility index (Phi) is 3.65. The number of hydrogen-bond donors (Lipinski definition) is 0. The van der Waals surface area contributed by atoms with Crippen molar-refractivity contribution in [3.8, 4) is 11.1 Å². The number of hydrogen-bond acceptors (Lipinski definition) is 0. The molecule has 0 bridgehead atoms. The van der Waals surface area contributed by atoms with E-state index in [0.717, 1.165) is 6.42 Å². The molecule has 0 spiro atoms. The molecular weight excluding hydrogens is 276 g/mol. The first-order chi connectivity index (χ1) is 11.4. The van der Waals surface area contributed by atoms with E-state index in [1.807, 2.05) is 0 Å². The minimum absolute atomic E-state index is 0.951. The van der Waals surface area contributed by atoms with Crippen LogP contribution in [-0.2, 0) is 6.42 Å². The molecule has 0 saturated heterocycles. The summed E-state index contributed by atoms with van der Waals surface area (Å²) in [5, 5.41) is 2.65. The maximum atomic E-state index is 2.24. The summed E-state index contributed by atoms with van der Waals surface area (Å²) in [6.45, 7) is 0. The normalized spacial score (nSPS) is 10.8. The highest BCUT2D eigenvalue weighted by Gasteiger charge is 2.07. The maximum Gasteiger partial charge on any atom is -0.00135 e. The Morgan fingerprint density at radius 3 is 2.04 bits per heavy atom. The zero-order valence-electron chi connectivity index (χ0n) is 12.9. The summed E-state index contributed by atoms with van der Waals surface area (Å²) in [6.07, 6.45) is 0.951. The van der Waals surface area contributed by atoms with Crippen molar-refractivity contribution in [3.63, 3.8) is 0 Å². The lowest BCUT2D eigenvalue weighted by atomic mass is 9.93. The number of rotatable bonds is 3. The lowest BCUT2D eigenvalue weighted by Gasteiger charge is -2.12. The van der Waals surface area contributed by atoms with Gasteiger partial charge in [0.1, 0.15) is 0 Å². The average molecular weight is 294 g/mol. The third-order valence-electron chi connectivity index (χ3n) is 4.36. The molecule has 4 aromatic carbocycles. The van der Waals surface area contributed by atoms with E-state index in [0.29, 0.717) is 0 Å². The van der Waals surface area contributed by atoms with Gasteiger partial charge in [0.2, 0.25) is 0 Å². The van der Waals surface area contributed by atoms with Crippen molar-refractivity contribution in [2.45, 2.75) is 6.42 Å². The Morgan fingerprint density at radius 2 is 1.13 bits per heavy atom. The standard InChI is InChI=1S/C23H18/c1-2-9-18(10-3-1)22-16-7-5-12-20(22)17-21-14-8-13-19-11-4-6-15-23(19)21/h1-16H,17H2. The fraction of sp³-hybridized carbons (Fsp3) is 0.0435. The molecule has 23 heavy (non-hydrogen) atoms. The second-order valence-electron chi connectivity index (χ2n) is 5.84. The van der Waals surface area contributed by atoms with Gasteiger partial charge in [-0.25, -0.2) is 0 Å². The summed E-state index contributed by atoms with van der Waals surface area (Å²) >= 11 is 0. The summed E-state index contributed by atoms with van der Waals surface area (Å²) in [5.41, 5.74) is 5.35. The summed E-state index contributed by atoms with van der Waals surface area (Å²) < 4.78 is 0. The SMILES string of the molecule is c1ccc(-c2ccccc2Cc2cccc3ccccc23)cc1. The number of fused-ring (bicyclic) bond motifs is 1. The van der Waals surface area contributed by atoms with E-state index in [-0.39, 0.29) is 0 Å². The van der Waals surface area contributed by atoms with Gasteiger partial charge < -0.3 is 0 Å². The monoisotopic (exact) mass is 294 g/mol. The molecule has 0 aliphatic heterocycles. The van der Waals surface area contributed by atoms with Crippen LogP contribution in [0.5, 0.6) is 0 Å². The zero-order valence-corrected chi connectivity index (χ0v) is 12.9. The molecule has 0 heteroatoms. The van der Waals surface area contributed by atoms with Crippen LogP contribution in [0.15, 0.2) is 97.1 Å². The van der Waals surface area contributed by atoms with Crippen molar-refractivity contribution < 1.29 is 0 Å². The van der Waals surface area contributed by atoms with E-state index in [1.165, 1.54) is 33.0 Å². The second-order valence-corrected chi connectivity index (χ2v) is 5.84. The van der Waals surface area contributed by atoms with E-state index >= 15 is 0 Å². The summed E-state index contributed by atoms with van der Waals surface area (Å²) in [5.74, 6) is 0. The first-order valence-electron chi connectivity index (χ1n) is 8.02. The quantitative estimate of drug-likeness (QED) is 0.428. The molecule has 4 rings (SSSR count). The lowest BCUT2D eigenvalue weighted by Crippen LogP contribution is -1.93. The van der Waals surface area contributed by atoms with Crippen LogP contribution >= 0.6 is 0 Å². The Morgan fingerprint density at radius 1 is 0.478 bits per heavy atom. The maximum absolute atomic E-state index is 2.24. The van der Waals surface area contributed by atoms with E-state index in [4.69, 9.17) is 0 Å². The Hall–Kier alpha value is -2.86. The molecule has 0 radical (unpaired) electrons. The highest BCUT2D eigenvalue weighted by atomic mass is 14.1. The highest BCUT2D eigenvalue weighted by Crippen LogP contribution is 2.28. The van der Waals surface area contributed by atoms with E-state index in [1.54, 1.807) is 0 Å². The van der Waals surface area contributed by atoms with Crippen molar-refractivity contribution in [1.29, 1.82) is 0 Å². The number of benzene rings is 4. The fourth-order valence-electron chi connectivity index (χ4n) is 3.23. The Balaban J connectivity index is 1.80. The molecule has 110 valence electrons. The fourth-order valence-corrected chi connectivity index (χ4v) is 3.23. The molecule has 0 aromatic heterocycles. The largest absolute Gasteiger partial charge is 0.0622 e. The van der Waals surface area contributed by atoms with Gasteiger partial charge in [-0.1, -0.05) is 97.1 Å². The molecule has 4 aromatic rings. The summed E-state index contributed by atoms with van der Waals surface area (Å²) in [4.78, 5) is 0. The molecule has 0 saturated carbocycles. The summed E-state index contributed by atoms with van der Waals surface area (Å²) in [6, 6.07) is 34.5. The van der Waals surface area contributed by atoms with Crippen molar-refractivity contribution >= 4 is 10.8 Å². The molecule has 0 heterocycles. The van der Waals surface area contributed by atoms with Crippen LogP contribution < -0.4 is 0 Å². The van der Waals surface area contributed by atoms with Crippen LogP contribution in [0.1, 0.15) is 11.1 Å². The van der Waals surface area contributed by atoms with Gasteiger partial charge in [-0.2, -0.15) is 0 Å². The van der Waals surface area contributed by atoms with Gasteiger partial charge in [-0.15, -0.1) is 0 Å². The smallest absolute Gasteiger partial charge is 0.00135 e. The molecule has 0 amide bonds. The first kappa shape index (κ1) is 13.8. The zero-order chi connectivity index (χ0) is 15.5. The van der Waals surface area contributed by atoms with Crippen LogP contribution in [0.25, 0.3) is 21.9 Å². The van der Waals surface area contributed by atoms with Gasteiger partial charge in [0, 0.05) is 0 Å². The topological polar surface area (TPSA) is 0 Å². The van der Waals surface area contributed by atoms with Crippen LogP contribution in [0.4, 0.5) is 0 Å². The second kappa shape index (κ2) is 6.10. The Bertz CT molecular complexity index is 931. The minimum atomic E-state index is 0.951. The van der Waals surface area contributed by atoms with Gasteiger partial charge >= 0.3 is 0 Å². The molecule has 0 aliphatic carbocycles. The van der Waals surface area contributed by atoms with Gasteiger partial charge in [0.15, 0.2) is 0 Å². The molecule has 0 unspecified atom stereocenters. The summed E-state index contributed by atoms with van der Waals surface area (Å²) in [7, 11) is 0. The molecule has 0 aliphatic rings. The minimum Gasteiger partial charge on any atom is -0.0622 e. The van der Waals surface area contributed by atoms with Crippen LogP contribution in [0.3, 0.4) is 0 Å². The van der Waals surface area contributed by atoms with Gasteiger partial charge in [0.05, 0.1) is 0 Å². The van der Waals surface area contributed by atoms with Crippen molar-refractivity contribution in [1.82, 2.24) is 0 Å². The molecule has 0 fully saturated rings. The molecule has 0 atom stereocenters. The predicted octanol–water partition coefficient (Wildman–Crippen LogP) is 6.10. The van der Waals surface area contributed by atoms with Crippen LogP contribution in [-0.4, -0.2) is 0 Å². The van der Waals surface area contributed by atoms with Gasteiger partial charge in [-0.3, -0.25) is 0 Å². The van der Waals surface area contributed by atoms with Crippen molar-refractivity contribution in [2.24, 2.45) is 0 Å². The molecule has 0 N–H and O–H groups in total. The van der Waals surface area contributed by atoms with E-state index in [2.05, 4.69) is 97.1 Å². The third kappa shape index (κ3) is 2.76. The third-order valence-corrected chi connectivity index (χ3v) is 4.36. The lowest BCUT2D eigenvalue weighted by molar-refractivity contribution is 1.22.